The average Bonchev–Trinajstić information content (AvgIpc) is 2.95. The highest BCUT2D eigenvalue weighted by molar-refractivity contribution is 7.92. The van der Waals surface area contributed by atoms with Crippen LogP contribution in [-0.4, -0.2) is 33.2 Å². The van der Waals surface area contributed by atoms with Crippen LogP contribution in [0.2, 0.25) is 0 Å². The summed E-state index contributed by atoms with van der Waals surface area (Å²) in [5.74, 6) is 0.0480. The molecule has 1 heterocycles. The molecule has 0 unspecified atom stereocenters. The maximum atomic E-state index is 12.9. The molecule has 0 aliphatic carbocycles. The number of hydrogen-bond donors (Lipinski definition) is 0. The third-order valence-electron chi connectivity index (χ3n) is 5.26. The molecule has 5 nitrogen and oxygen atoms in total. The third kappa shape index (κ3) is 4.22. The van der Waals surface area contributed by atoms with Crippen molar-refractivity contribution in [2.75, 3.05) is 22.0 Å². The molecule has 3 rings (SSSR count). The number of amides is 1. The molecule has 0 bridgehead atoms. The summed E-state index contributed by atoms with van der Waals surface area (Å²) in [6.07, 6.45) is 2.87. The first kappa shape index (κ1) is 20.4. The highest BCUT2D eigenvalue weighted by Crippen LogP contribution is 2.32. The van der Waals surface area contributed by atoms with E-state index in [1.165, 1.54) is 16.1 Å². The van der Waals surface area contributed by atoms with E-state index < -0.39 is 10.0 Å². The van der Waals surface area contributed by atoms with Gasteiger partial charge in [-0.3, -0.25) is 9.10 Å². The predicted octanol–water partition coefficient (Wildman–Crippen LogP) is 3.83. The smallest absolute Gasteiger partial charge is 0.232 e. The Hall–Kier alpha value is -2.34. The van der Waals surface area contributed by atoms with Crippen molar-refractivity contribution < 1.29 is 13.2 Å². The fourth-order valence-corrected chi connectivity index (χ4v) is 4.91. The Morgan fingerprint density at radius 3 is 2.61 bits per heavy atom. The van der Waals surface area contributed by atoms with Gasteiger partial charge in [0.05, 0.1) is 11.9 Å². The van der Waals surface area contributed by atoms with Gasteiger partial charge in [-0.2, -0.15) is 0 Å². The SMILES string of the molecule is Cc1ccc(C)c(N(CCCC(=O)N2c3ccccc3C[C@H]2C)S(C)(=O)=O)c1. The van der Waals surface area contributed by atoms with E-state index in [9.17, 15) is 13.2 Å². The molecule has 0 aromatic heterocycles. The molecule has 2 aromatic rings. The Balaban J connectivity index is 1.72. The van der Waals surface area contributed by atoms with E-state index in [4.69, 9.17) is 0 Å². The first-order valence-corrected chi connectivity index (χ1v) is 11.5. The maximum absolute atomic E-state index is 12.9. The summed E-state index contributed by atoms with van der Waals surface area (Å²) in [5, 5.41) is 0. The number of carbonyl (C=O) groups excluding carboxylic acids is 1. The molecule has 0 saturated carbocycles. The number of fused-ring (bicyclic) bond motifs is 1. The molecular weight excluding hydrogens is 372 g/mol. The van der Waals surface area contributed by atoms with Crippen LogP contribution in [0.3, 0.4) is 0 Å². The van der Waals surface area contributed by atoms with Gasteiger partial charge >= 0.3 is 0 Å². The number of aryl methyl sites for hydroxylation is 2. The lowest BCUT2D eigenvalue weighted by atomic mass is 10.1. The van der Waals surface area contributed by atoms with Crippen LogP contribution in [0.1, 0.15) is 36.5 Å². The minimum Gasteiger partial charge on any atom is -0.309 e. The first-order valence-electron chi connectivity index (χ1n) is 9.63. The quantitative estimate of drug-likeness (QED) is 0.740. The Labute approximate surface area is 168 Å². The first-order chi connectivity index (χ1) is 13.2. The molecule has 1 atom stereocenters. The molecule has 0 spiro atoms. The Morgan fingerprint density at radius 2 is 1.89 bits per heavy atom. The molecule has 6 heteroatoms. The molecule has 150 valence electrons. The van der Waals surface area contributed by atoms with E-state index in [2.05, 4.69) is 13.0 Å². The van der Waals surface area contributed by atoms with E-state index in [-0.39, 0.29) is 11.9 Å². The minimum atomic E-state index is -3.43. The van der Waals surface area contributed by atoms with Gasteiger partial charge < -0.3 is 4.90 Å². The molecule has 28 heavy (non-hydrogen) atoms. The van der Waals surface area contributed by atoms with Crippen molar-refractivity contribution in [3.8, 4) is 0 Å². The molecule has 2 aromatic carbocycles. The zero-order chi connectivity index (χ0) is 20.5. The summed E-state index contributed by atoms with van der Waals surface area (Å²) in [7, 11) is -3.43. The van der Waals surface area contributed by atoms with Crippen LogP contribution in [-0.2, 0) is 21.2 Å². The minimum absolute atomic E-state index is 0.0480. The summed E-state index contributed by atoms with van der Waals surface area (Å²) in [5.41, 5.74) is 4.78. The summed E-state index contributed by atoms with van der Waals surface area (Å²) in [6, 6.07) is 13.9. The number of para-hydroxylation sites is 1. The van der Waals surface area contributed by atoms with Crippen molar-refractivity contribution in [2.45, 2.75) is 46.1 Å². The van der Waals surface area contributed by atoms with E-state index in [0.29, 0.717) is 25.1 Å². The molecule has 0 N–H and O–H groups in total. The lowest BCUT2D eigenvalue weighted by molar-refractivity contribution is -0.118. The topological polar surface area (TPSA) is 57.7 Å². The summed E-state index contributed by atoms with van der Waals surface area (Å²) < 4.78 is 26.2. The lowest BCUT2D eigenvalue weighted by Crippen LogP contribution is -2.37. The van der Waals surface area contributed by atoms with Gasteiger partial charge in [0.25, 0.3) is 0 Å². The van der Waals surface area contributed by atoms with E-state index in [1.807, 2.05) is 55.1 Å². The van der Waals surface area contributed by atoms with Crippen LogP contribution in [0.15, 0.2) is 42.5 Å². The van der Waals surface area contributed by atoms with Gasteiger partial charge in [-0.05, 0) is 62.4 Å². The number of sulfonamides is 1. The number of rotatable bonds is 6. The second kappa shape index (κ2) is 7.95. The van der Waals surface area contributed by atoms with Gasteiger partial charge in [0.15, 0.2) is 0 Å². The van der Waals surface area contributed by atoms with Crippen molar-refractivity contribution in [1.82, 2.24) is 0 Å². The third-order valence-corrected chi connectivity index (χ3v) is 6.44. The largest absolute Gasteiger partial charge is 0.309 e. The highest BCUT2D eigenvalue weighted by atomic mass is 32.2. The number of carbonyl (C=O) groups is 1. The van der Waals surface area contributed by atoms with Gasteiger partial charge in [-0.15, -0.1) is 0 Å². The number of nitrogens with zero attached hydrogens (tertiary/aromatic N) is 2. The summed E-state index contributed by atoms with van der Waals surface area (Å²) in [6.45, 7) is 6.19. The van der Waals surface area contributed by atoms with Crippen molar-refractivity contribution in [3.63, 3.8) is 0 Å². The second-order valence-electron chi connectivity index (χ2n) is 7.67. The molecule has 0 saturated heterocycles. The highest BCUT2D eigenvalue weighted by Gasteiger charge is 2.30. The van der Waals surface area contributed by atoms with Gasteiger partial charge in [0.2, 0.25) is 15.9 Å². The van der Waals surface area contributed by atoms with Gasteiger partial charge in [-0.1, -0.05) is 30.3 Å². The normalized spacial score (nSPS) is 16.1. The van der Waals surface area contributed by atoms with Crippen LogP contribution >= 0.6 is 0 Å². The van der Waals surface area contributed by atoms with Crippen molar-refractivity contribution in [1.29, 1.82) is 0 Å². The monoisotopic (exact) mass is 400 g/mol. The van der Waals surface area contributed by atoms with Gasteiger partial charge in [-0.25, -0.2) is 8.42 Å². The summed E-state index contributed by atoms with van der Waals surface area (Å²) in [4.78, 5) is 14.7. The zero-order valence-electron chi connectivity index (χ0n) is 17.0. The van der Waals surface area contributed by atoms with E-state index in [0.717, 1.165) is 23.2 Å². The second-order valence-corrected chi connectivity index (χ2v) is 9.58. The molecule has 0 radical (unpaired) electrons. The van der Waals surface area contributed by atoms with Crippen LogP contribution in [0, 0.1) is 13.8 Å². The number of benzene rings is 2. The average molecular weight is 401 g/mol. The molecule has 1 amide bonds. The Bertz CT molecular complexity index is 985. The van der Waals surface area contributed by atoms with Crippen LogP contribution in [0.25, 0.3) is 0 Å². The number of hydrogen-bond acceptors (Lipinski definition) is 3. The standard InChI is InChI=1S/C22H28N2O3S/c1-16-11-12-17(2)21(14-16)23(28(4,26)27)13-7-10-22(25)24-18(3)15-19-8-5-6-9-20(19)24/h5-6,8-9,11-12,14,18H,7,10,13,15H2,1-4H3/t18-/m1/s1. The molecule has 1 aliphatic heterocycles. The van der Waals surface area contributed by atoms with E-state index >= 15 is 0 Å². The molecule has 1 aliphatic rings. The van der Waals surface area contributed by atoms with Gasteiger partial charge in [0, 0.05) is 24.7 Å². The Kier molecular flexibility index (Phi) is 5.79. The van der Waals surface area contributed by atoms with Crippen LogP contribution < -0.4 is 9.21 Å². The fraction of sp³-hybridized carbons (Fsp3) is 0.409. The van der Waals surface area contributed by atoms with Crippen LogP contribution in [0.5, 0.6) is 0 Å². The predicted molar refractivity (Wildman–Crippen MR) is 114 cm³/mol. The lowest BCUT2D eigenvalue weighted by Gasteiger charge is -2.26. The molecular formula is C22H28N2O3S. The van der Waals surface area contributed by atoms with Crippen LogP contribution in [0.4, 0.5) is 11.4 Å². The van der Waals surface area contributed by atoms with Crippen molar-refractivity contribution >= 4 is 27.3 Å². The van der Waals surface area contributed by atoms with Crippen molar-refractivity contribution in [2.24, 2.45) is 0 Å². The zero-order valence-corrected chi connectivity index (χ0v) is 17.8. The van der Waals surface area contributed by atoms with Gasteiger partial charge in [0.1, 0.15) is 0 Å². The number of anilines is 2. The van der Waals surface area contributed by atoms with E-state index in [1.54, 1.807) is 0 Å². The Morgan fingerprint density at radius 1 is 1.18 bits per heavy atom. The van der Waals surface area contributed by atoms with Crippen molar-refractivity contribution in [3.05, 3.63) is 59.2 Å². The maximum Gasteiger partial charge on any atom is 0.232 e. The molecule has 0 fully saturated rings. The summed E-state index contributed by atoms with van der Waals surface area (Å²) >= 11 is 0. The fourth-order valence-electron chi connectivity index (χ4n) is 3.89.